The molecule has 1 heterocycles. The Balaban J connectivity index is 1.66. The molecule has 0 aliphatic heterocycles. The van der Waals surface area contributed by atoms with E-state index in [0.29, 0.717) is 11.3 Å². The number of benzene rings is 3. The van der Waals surface area contributed by atoms with Gasteiger partial charge in [0.05, 0.1) is 12.3 Å². The molecule has 5 heteroatoms. The monoisotopic (exact) mass is 450 g/mol. The quantitative estimate of drug-likeness (QED) is 0.362. The number of nitrogens with one attached hydrogen (secondary N) is 2. The average molecular weight is 451 g/mol. The van der Waals surface area contributed by atoms with Crippen LogP contribution in [0.15, 0.2) is 107 Å². The Bertz CT molecular complexity index is 1290. The van der Waals surface area contributed by atoms with Crippen molar-refractivity contribution in [3.05, 3.63) is 137 Å². The fourth-order valence-corrected chi connectivity index (χ4v) is 3.66. The van der Waals surface area contributed by atoms with Gasteiger partial charge in [0.1, 0.15) is 11.5 Å². The van der Waals surface area contributed by atoms with Crippen molar-refractivity contribution in [3.8, 4) is 0 Å². The molecular weight excluding hydrogens is 424 g/mol. The van der Waals surface area contributed by atoms with Crippen LogP contribution >= 0.6 is 0 Å². The molecule has 1 atom stereocenters. The molecule has 0 spiro atoms. The van der Waals surface area contributed by atoms with Crippen LogP contribution in [0.2, 0.25) is 0 Å². The van der Waals surface area contributed by atoms with Crippen LogP contribution < -0.4 is 10.6 Å². The number of rotatable bonds is 7. The fourth-order valence-electron chi connectivity index (χ4n) is 3.66. The molecule has 0 saturated carbocycles. The second-order valence-corrected chi connectivity index (χ2v) is 8.07. The Morgan fingerprint density at radius 3 is 2.15 bits per heavy atom. The first kappa shape index (κ1) is 22.8. The van der Waals surface area contributed by atoms with Crippen LogP contribution in [-0.4, -0.2) is 11.8 Å². The number of aryl methyl sites for hydroxylation is 2. The molecule has 0 aliphatic rings. The van der Waals surface area contributed by atoms with Crippen LogP contribution in [0.4, 0.5) is 0 Å². The van der Waals surface area contributed by atoms with Crippen molar-refractivity contribution in [1.82, 2.24) is 10.6 Å². The smallest absolute Gasteiger partial charge is 0.268 e. The minimum atomic E-state index is -0.423. The van der Waals surface area contributed by atoms with Crippen molar-refractivity contribution in [2.45, 2.75) is 19.9 Å². The van der Waals surface area contributed by atoms with Crippen LogP contribution in [0.3, 0.4) is 0 Å². The molecule has 170 valence electrons. The minimum absolute atomic E-state index is 0.0937. The predicted octanol–water partition coefficient (Wildman–Crippen LogP) is 5.57. The van der Waals surface area contributed by atoms with Gasteiger partial charge < -0.3 is 15.1 Å². The highest BCUT2D eigenvalue weighted by atomic mass is 16.3. The lowest BCUT2D eigenvalue weighted by Gasteiger charge is -2.21. The SMILES string of the molecule is Cc1ccc([C@@H](NC(=O)/C(=C/c2ccco2)NC(=O)c2ccccc2C)c2ccccc2)cc1. The summed E-state index contributed by atoms with van der Waals surface area (Å²) in [6, 6.07) is 28.0. The number of hydrogen-bond donors (Lipinski definition) is 2. The van der Waals surface area contributed by atoms with Gasteiger partial charge in [-0.05, 0) is 48.7 Å². The van der Waals surface area contributed by atoms with Crippen molar-refractivity contribution in [1.29, 1.82) is 0 Å². The van der Waals surface area contributed by atoms with E-state index in [0.717, 1.165) is 22.3 Å². The first-order valence-electron chi connectivity index (χ1n) is 11.1. The van der Waals surface area contributed by atoms with Crippen LogP contribution in [0, 0.1) is 13.8 Å². The molecule has 1 aromatic heterocycles. The fraction of sp³-hybridized carbons (Fsp3) is 0.103. The maximum absolute atomic E-state index is 13.5. The Morgan fingerprint density at radius 2 is 1.47 bits per heavy atom. The Morgan fingerprint density at radius 1 is 0.794 bits per heavy atom. The summed E-state index contributed by atoms with van der Waals surface area (Å²) in [5, 5.41) is 5.87. The lowest BCUT2D eigenvalue weighted by atomic mass is 9.97. The van der Waals surface area contributed by atoms with Crippen LogP contribution in [-0.2, 0) is 4.79 Å². The van der Waals surface area contributed by atoms with E-state index in [1.54, 1.807) is 24.3 Å². The molecule has 0 radical (unpaired) electrons. The van der Waals surface area contributed by atoms with Gasteiger partial charge in [0.2, 0.25) is 0 Å². The summed E-state index contributed by atoms with van der Waals surface area (Å²) in [4.78, 5) is 26.5. The molecular formula is C29H26N2O3. The third kappa shape index (κ3) is 5.51. The van der Waals surface area contributed by atoms with Crippen molar-refractivity contribution >= 4 is 17.9 Å². The first-order chi connectivity index (χ1) is 16.5. The van der Waals surface area contributed by atoms with E-state index in [4.69, 9.17) is 4.42 Å². The van der Waals surface area contributed by atoms with E-state index in [2.05, 4.69) is 10.6 Å². The summed E-state index contributed by atoms with van der Waals surface area (Å²) in [6.45, 7) is 3.87. The molecule has 2 amide bonds. The molecule has 4 aromatic rings. The summed E-state index contributed by atoms with van der Waals surface area (Å²) in [7, 11) is 0. The molecule has 34 heavy (non-hydrogen) atoms. The normalized spacial score (nSPS) is 12.1. The highest BCUT2D eigenvalue weighted by Gasteiger charge is 2.22. The average Bonchev–Trinajstić information content (AvgIpc) is 3.36. The number of hydrogen-bond acceptors (Lipinski definition) is 3. The van der Waals surface area contributed by atoms with Crippen molar-refractivity contribution in [2.75, 3.05) is 0 Å². The van der Waals surface area contributed by atoms with Gasteiger partial charge in [-0.25, -0.2) is 0 Å². The standard InChI is InChI=1S/C29H26N2O3/c1-20-14-16-23(17-15-20)27(22-10-4-3-5-11-22)31-29(33)26(19-24-12-8-18-34-24)30-28(32)25-13-7-6-9-21(25)2/h3-19,27H,1-2H3,(H,30,32)(H,31,33)/b26-19-/t27-/m0/s1. The van der Waals surface area contributed by atoms with E-state index < -0.39 is 11.9 Å². The molecule has 0 saturated heterocycles. The lowest BCUT2D eigenvalue weighted by Crippen LogP contribution is -2.37. The van der Waals surface area contributed by atoms with Gasteiger partial charge in [-0.1, -0.05) is 78.4 Å². The van der Waals surface area contributed by atoms with Gasteiger partial charge in [0, 0.05) is 11.6 Å². The molecule has 0 unspecified atom stereocenters. The van der Waals surface area contributed by atoms with E-state index in [9.17, 15) is 9.59 Å². The molecule has 4 rings (SSSR count). The summed E-state index contributed by atoms with van der Waals surface area (Å²) >= 11 is 0. The van der Waals surface area contributed by atoms with E-state index in [1.807, 2.05) is 80.6 Å². The number of furan rings is 1. The zero-order valence-electron chi connectivity index (χ0n) is 19.1. The van der Waals surface area contributed by atoms with Gasteiger partial charge in [-0.2, -0.15) is 0 Å². The van der Waals surface area contributed by atoms with Gasteiger partial charge >= 0.3 is 0 Å². The third-order valence-electron chi connectivity index (χ3n) is 5.53. The highest BCUT2D eigenvalue weighted by Crippen LogP contribution is 2.23. The summed E-state index contributed by atoms with van der Waals surface area (Å²) in [5.74, 6) is -0.327. The Kier molecular flexibility index (Phi) is 7.04. The van der Waals surface area contributed by atoms with Crippen molar-refractivity contribution in [2.24, 2.45) is 0 Å². The predicted molar refractivity (Wildman–Crippen MR) is 133 cm³/mol. The second-order valence-electron chi connectivity index (χ2n) is 8.07. The maximum Gasteiger partial charge on any atom is 0.268 e. The van der Waals surface area contributed by atoms with Crippen molar-refractivity contribution < 1.29 is 14.0 Å². The van der Waals surface area contributed by atoms with Crippen LogP contribution in [0.1, 0.15) is 44.4 Å². The second kappa shape index (κ2) is 10.5. The summed E-state index contributed by atoms with van der Waals surface area (Å²) in [5.41, 5.74) is 4.41. The van der Waals surface area contributed by atoms with Crippen LogP contribution in [0.5, 0.6) is 0 Å². The molecule has 0 aliphatic carbocycles. The molecule has 0 bridgehead atoms. The van der Waals surface area contributed by atoms with Crippen molar-refractivity contribution in [3.63, 3.8) is 0 Å². The highest BCUT2D eigenvalue weighted by molar-refractivity contribution is 6.05. The summed E-state index contributed by atoms with van der Waals surface area (Å²) in [6.07, 6.45) is 3.05. The number of amides is 2. The zero-order chi connectivity index (χ0) is 23.9. The van der Waals surface area contributed by atoms with E-state index >= 15 is 0 Å². The van der Waals surface area contributed by atoms with Gasteiger partial charge in [-0.15, -0.1) is 0 Å². The lowest BCUT2D eigenvalue weighted by molar-refractivity contribution is -0.118. The third-order valence-corrected chi connectivity index (χ3v) is 5.53. The molecule has 2 N–H and O–H groups in total. The zero-order valence-corrected chi connectivity index (χ0v) is 19.1. The van der Waals surface area contributed by atoms with E-state index in [-0.39, 0.29) is 11.6 Å². The number of carbonyl (C=O) groups is 2. The van der Waals surface area contributed by atoms with Gasteiger partial charge in [-0.3, -0.25) is 9.59 Å². The van der Waals surface area contributed by atoms with Crippen LogP contribution in [0.25, 0.3) is 6.08 Å². The Hall–Kier alpha value is -4.38. The molecule has 3 aromatic carbocycles. The number of carbonyl (C=O) groups excluding carboxylic acids is 2. The maximum atomic E-state index is 13.5. The molecule has 5 nitrogen and oxygen atoms in total. The minimum Gasteiger partial charge on any atom is -0.465 e. The van der Waals surface area contributed by atoms with Gasteiger partial charge in [0.15, 0.2) is 0 Å². The largest absolute Gasteiger partial charge is 0.465 e. The van der Waals surface area contributed by atoms with E-state index in [1.165, 1.54) is 12.3 Å². The van der Waals surface area contributed by atoms with Gasteiger partial charge in [0.25, 0.3) is 11.8 Å². The first-order valence-corrected chi connectivity index (χ1v) is 11.1. The molecule has 0 fully saturated rings. The topological polar surface area (TPSA) is 71.3 Å². The summed E-state index contributed by atoms with van der Waals surface area (Å²) < 4.78 is 5.40. The Labute approximate surface area is 199 Å².